The van der Waals surface area contributed by atoms with Gasteiger partial charge in [-0.25, -0.2) is 10.2 Å². The lowest BCUT2D eigenvalue weighted by Gasteiger charge is -2.11. The van der Waals surface area contributed by atoms with E-state index in [9.17, 15) is 19.5 Å². The van der Waals surface area contributed by atoms with Gasteiger partial charge < -0.3 is 19.6 Å². The molecule has 0 aliphatic carbocycles. The molecule has 9 heteroatoms. The van der Waals surface area contributed by atoms with Gasteiger partial charge in [0.1, 0.15) is 17.3 Å². The van der Waals surface area contributed by atoms with Gasteiger partial charge in [-0.1, -0.05) is 36.4 Å². The van der Waals surface area contributed by atoms with Crippen LogP contribution in [0.15, 0.2) is 64.1 Å². The molecule has 0 aliphatic rings. The number of aromatic carboxylic acids is 1. The summed E-state index contributed by atoms with van der Waals surface area (Å²) in [5.74, 6) is -0.718. The van der Waals surface area contributed by atoms with E-state index in [0.717, 1.165) is 11.1 Å². The summed E-state index contributed by atoms with van der Waals surface area (Å²) in [5.41, 5.74) is 4.66. The number of aryl methyl sites for hydroxylation is 2. The zero-order valence-electron chi connectivity index (χ0n) is 18.1. The zero-order chi connectivity index (χ0) is 23.8. The fourth-order valence-corrected chi connectivity index (χ4v) is 3.05. The number of rotatable bonds is 9. The molecule has 0 atom stereocenters. The molecule has 0 aliphatic heterocycles. The predicted octanol–water partition coefficient (Wildman–Crippen LogP) is 2.91. The summed E-state index contributed by atoms with van der Waals surface area (Å²) in [4.78, 5) is 35.2. The van der Waals surface area contributed by atoms with E-state index >= 15 is 0 Å². The second-order valence-corrected chi connectivity index (χ2v) is 7.13. The van der Waals surface area contributed by atoms with Crippen molar-refractivity contribution in [2.24, 2.45) is 5.10 Å². The van der Waals surface area contributed by atoms with Gasteiger partial charge in [-0.15, -0.1) is 0 Å². The molecule has 0 spiro atoms. The number of hydrogen-bond donors (Lipinski definition) is 3. The highest BCUT2D eigenvalue weighted by Crippen LogP contribution is 2.25. The van der Waals surface area contributed by atoms with Crippen molar-refractivity contribution < 1.29 is 28.6 Å². The summed E-state index contributed by atoms with van der Waals surface area (Å²) < 4.78 is 11.1. The number of nitrogens with zero attached hydrogens (tertiary/aromatic N) is 1. The number of hydrazone groups is 1. The second-order valence-electron chi connectivity index (χ2n) is 7.13. The highest BCUT2D eigenvalue weighted by Gasteiger charge is 2.13. The molecule has 9 nitrogen and oxygen atoms in total. The Morgan fingerprint density at radius 3 is 2.45 bits per heavy atom. The zero-order valence-corrected chi connectivity index (χ0v) is 18.1. The number of benzene rings is 2. The Morgan fingerprint density at radius 1 is 1.00 bits per heavy atom. The minimum atomic E-state index is -1.06. The fraction of sp³-hybridized carbons (Fsp3) is 0.167. The average Bonchev–Trinajstić information content (AvgIpc) is 3.26. The van der Waals surface area contributed by atoms with Crippen molar-refractivity contribution >= 4 is 24.0 Å². The molecule has 0 saturated heterocycles. The summed E-state index contributed by atoms with van der Waals surface area (Å²) in [5, 5.41) is 15.5. The highest BCUT2D eigenvalue weighted by molar-refractivity contribution is 5.95. The van der Waals surface area contributed by atoms with E-state index in [0.29, 0.717) is 22.8 Å². The van der Waals surface area contributed by atoms with Gasteiger partial charge in [0.25, 0.3) is 11.8 Å². The van der Waals surface area contributed by atoms with E-state index in [1.165, 1.54) is 12.3 Å². The van der Waals surface area contributed by atoms with E-state index < -0.39 is 17.8 Å². The number of amides is 2. The molecule has 0 fully saturated rings. The van der Waals surface area contributed by atoms with Gasteiger partial charge in [-0.05, 0) is 43.2 Å². The third-order valence-electron chi connectivity index (χ3n) is 4.63. The molecular weight excluding hydrogens is 426 g/mol. The van der Waals surface area contributed by atoms with Gasteiger partial charge in [0.15, 0.2) is 6.61 Å². The van der Waals surface area contributed by atoms with Crippen molar-refractivity contribution in [1.82, 2.24) is 10.7 Å². The van der Waals surface area contributed by atoms with E-state index in [1.54, 1.807) is 30.3 Å². The van der Waals surface area contributed by atoms with Crippen LogP contribution in [0.5, 0.6) is 5.75 Å². The Morgan fingerprint density at radius 2 is 1.73 bits per heavy atom. The molecule has 3 N–H and O–H groups in total. The quantitative estimate of drug-likeness (QED) is 0.340. The van der Waals surface area contributed by atoms with Crippen LogP contribution in [0.1, 0.15) is 27.2 Å². The number of carbonyl (C=O) groups is 3. The Labute approximate surface area is 190 Å². The molecule has 1 heterocycles. The van der Waals surface area contributed by atoms with E-state index in [2.05, 4.69) is 15.8 Å². The van der Waals surface area contributed by atoms with E-state index in [1.807, 2.05) is 32.0 Å². The number of carboxylic acids is 1. The van der Waals surface area contributed by atoms with Crippen molar-refractivity contribution in [2.45, 2.75) is 13.8 Å². The number of ether oxygens (including phenoxy) is 1. The van der Waals surface area contributed by atoms with Crippen LogP contribution < -0.4 is 15.5 Å². The number of nitrogens with one attached hydrogen (secondary N) is 2. The summed E-state index contributed by atoms with van der Waals surface area (Å²) in [6.45, 7) is 3.29. The first-order chi connectivity index (χ1) is 15.8. The van der Waals surface area contributed by atoms with Crippen molar-refractivity contribution in [1.29, 1.82) is 0 Å². The molecule has 0 unspecified atom stereocenters. The van der Waals surface area contributed by atoms with Crippen molar-refractivity contribution in [3.8, 4) is 17.1 Å². The minimum absolute atomic E-state index is 0.112. The van der Waals surface area contributed by atoms with Crippen LogP contribution in [-0.2, 0) is 9.59 Å². The molecule has 3 aromatic rings. The maximum atomic E-state index is 11.9. The predicted molar refractivity (Wildman–Crippen MR) is 121 cm³/mol. The number of furan rings is 1. The molecular formula is C24H23N3O6. The molecule has 0 bridgehead atoms. The Balaban J connectivity index is 1.46. The van der Waals surface area contributed by atoms with Crippen LogP contribution in [0.25, 0.3) is 11.3 Å². The Bertz CT molecular complexity index is 1180. The minimum Gasteiger partial charge on any atom is -0.483 e. The Hall–Kier alpha value is -4.40. The standard InChI is InChI=1S/C24H23N3O6/c1-15-6-5-7-16(2)23(15)32-14-22(29)25-13-21(28)27-26-12-17-10-11-20(33-17)18-8-3-4-9-19(18)24(30)31/h3-12H,13-14H2,1-2H3,(H,25,29)(H,27,28)(H,30,31)/b26-12-. The SMILES string of the molecule is Cc1cccc(C)c1OCC(=O)NCC(=O)N/N=C\c1ccc(-c2ccccc2C(=O)O)o1. The van der Waals surface area contributed by atoms with Crippen molar-refractivity contribution in [3.63, 3.8) is 0 Å². The smallest absolute Gasteiger partial charge is 0.336 e. The lowest BCUT2D eigenvalue weighted by Crippen LogP contribution is -2.37. The summed E-state index contributed by atoms with van der Waals surface area (Å²) >= 11 is 0. The lowest BCUT2D eigenvalue weighted by molar-refractivity contribution is -0.127. The van der Waals surface area contributed by atoms with Crippen LogP contribution in [0.2, 0.25) is 0 Å². The maximum Gasteiger partial charge on any atom is 0.336 e. The molecule has 3 rings (SSSR count). The van der Waals surface area contributed by atoms with Crippen LogP contribution in [-0.4, -0.2) is 42.3 Å². The fourth-order valence-electron chi connectivity index (χ4n) is 3.05. The monoisotopic (exact) mass is 449 g/mol. The normalized spacial score (nSPS) is 10.7. The third kappa shape index (κ3) is 6.30. The highest BCUT2D eigenvalue weighted by atomic mass is 16.5. The Kier molecular flexibility index (Phi) is 7.59. The van der Waals surface area contributed by atoms with Crippen LogP contribution in [0.3, 0.4) is 0 Å². The van der Waals surface area contributed by atoms with Crippen LogP contribution in [0, 0.1) is 13.8 Å². The second kappa shape index (κ2) is 10.8. The van der Waals surface area contributed by atoms with Gasteiger partial charge in [0, 0.05) is 5.56 Å². The summed E-state index contributed by atoms with van der Waals surface area (Å²) in [7, 11) is 0. The molecule has 170 valence electrons. The maximum absolute atomic E-state index is 11.9. The third-order valence-corrected chi connectivity index (χ3v) is 4.63. The number of hydrogen-bond acceptors (Lipinski definition) is 6. The number of carboxylic acid groups (broad SMARTS) is 1. The molecule has 2 aromatic carbocycles. The molecule has 2 amide bonds. The number of para-hydroxylation sites is 1. The van der Waals surface area contributed by atoms with E-state index in [-0.39, 0.29) is 18.7 Å². The first kappa shape index (κ1) is 23.3. The molecule has 0 radical (unpaired) electrons. The van der Waals surface area contributed by atoms with Crippen molar-refractivity contribution in [3.05, 3.63) is 77.0 Å². The van der Waals surface area contributed by atoms with Gasteiger partial charge >= 0.3 is 5.97 Å². The lowest BCUT2D eigenvalue weighted by atomic mass is 10.1. The summed E-state index contributed by atoms with van der Waals surface area (Å²) in [6, 6.07) is 15.3. The molecule has 33 heavy (non-hydrogen) atoms. The van der Waals surface area contributed by atoms with Gasteiger partial charge in [-0.3, -0.25) is 9.59 Å². The van der Waals surface area contributed by atoms with Crippen LogP contribution >= 0.6 is 0 Å². The van der Waals surface area contributed by atoms with Gasteiger partial charge in [-0.2, -0.15) is 5.10 Å². The number of carbonyl (C=O) groups excluding carboxylic acids is 2. The topological polar surface area (TPSA) is 130 Å². The summed E-state index contributed by atoms with van der Waals surface area (Å²) in [6.07, 6.45) is 1.27. The van der Waals surface area contributed by atoms with Crippen molar-refractivity contribution in [2.75, 3.05) is 13.2 Å². The van der Waals surface area contributed by atoms with Gasteiger partial charge in [0.05, 0.1) is 18.3 Å². The van der Waals surface area contributed by atoms with Crippen LogP contribution in [0.4, 0.5) is 0 Å². The largest absolute Gasteiger partial charge is 0.483 e. The van der Waals surface area contributed by atoms with Gasteiger partial charge in [0.2, 0.25) is 0 Å². The average molecular weight is 449 g/mol. The first-order valence-corrected chi connectivity index (χ1v) is 10.1. The molecule has 0 saturated carbocycles. The molecule has 1 aromatic heterocycles. The first-order valence-electron chi connectivity index (χ1n) is 10.1. The van der Waals surface area contributed by atoms with E-state index in [4.69, 9.17) is 9.15 Å².